The van der Waals surface area contributed by atoms with Gasteiger partial charge in [-0.05, 0) is 49.7 Å². The number of benzene rings is 1. The van der Waals surface area contributed by atoms with E-state index in [-0.39, 0.29) is 17.2 Å². The summed E-state index contributed by atoms with van der Waals surface area (Å²) in [6, 6.07) is 7.80. The molecule has 1 aromatic carbocycles. The molecule has 0 saturated heterocycles. The van der Waals surface area contributed by atoms with Crippen molar-refractivity contribution in [3.8, 4) is 0 Å². The van der Waals surface area contributed by atoms with Gasteiger partial charge in [-0.1, -0.05) is 42.2 Å². The van der Waals surface area contributed by atoms with Crippen molar-refractivity contribution in [2.45, 2.75) is 32.5 Å². The van der Waals surface area contributed by atoms with Crippen molar-refractivity contribution >= 4 is 44.9 Å². The maximum Gasteiger partial charge on any atom is 0.347 e. The van der Waals surface area contributed by atoms with Crippen LogP contribution in [0.2, 0.25) is 0 Å². The number of hydrogen-bond acceptors (Lipinski definition) is 4. The molecule has 3 rings (SSSR count). The van der Waals surface area contributed by atoms with Crippen molar-refractivity contribution in [3.05, 3.63) is 63.3 Å². The van der Waals surface area contributed by atoms with Crippen molar-refractivity contribution in [1.29, 1.82) is 0 Å². The van der Waals surface area contributed by atoms with Gasteiger partial charge in [0.05, 0.1) is 5.75 Å². The van der Waals surface area contributed by atoms with Crippen LogP contribution in [0.4, 0.5) is 5.69 Å². The number of nitrogens with zero attached hydrogens (tertiary/aromatic N) is 1. The molecule has 5 nitrogen and oxygen atoms in total. The minimum Gasteiger partial charge on any atom is -0.325 e. The van der Waals surface area contributed by atoms with Crippen LogP contribution in [0.3, 0.4) is 0 Å². The van der Waals surface area contributed by atoms with Crippen LogP contribution in [0.1, 0.15) is 16.0 Å². The van der Waals surface area contributed by atoms with Gasteiger partial charge in [-0.3, -0.25) is 4.79 Å². The second-order valence-corrected chi connectivity index (χ2v) is 8.56. The van der Waals surface area contributed by atoms with Crippen LogP contribution in [0.15, 0.2) is 46.9 Å². The number of allylic oxidation sites excluding steroid dienone is 1. The zero-order valence-corrected chi connectivity index (χ0v) is 17.2. The number of anilines is 1. The molecule has 0 radical (unpaired) electrons. The number of amides is 1. The number of aromatic nitrogens is 2. The molecular formula is C20H22N3O2S2+. The highest BCUT2D eigenvalue weighted by atomic mass is 32.2. The Morgan fingerprint density at radius 2 is 2.04 bits per heavy atom. The third kappa shape index (κ3) is 4.14. The second kappa shape index (κ2) is 8.10. The van der Waals surface area contributed by atoms with E-state index in [0.717, 1.165) is 26.5 Å². The number of para-hydroxylation sites is 1. The number of aromatic amines is 1. The average Bonchev–Trinajstić information content (AvgIpc) is 3.00. The van der Waals surface area contributed by atoms with E-state index in [1.165, 1.54) is 23.1 Å². The molecule has 0 fully saturated rings. The predicted molar refractivity (Wildman–Crippen MR) is 113 cm³/mol. The average molecular weight is 401 g/mol. The summed E-state index contributed by atoms with van der Waals surface area (Å²) < 4.78 is 1.62. The summed E-state index contributed by atoms with van der Waals surface area (Å²) in [6.07, 6.45) is 1.68. The number of H-pyrrole nitrogens is 1. The Hall–Kier alpha value is -2.38. The number of hydrogen-bond donors (Lipinski definition) is 1. The van der Waals surface area contributed by atoms with E-state index in [1.807, 2.05) is 45.0 Å². The molecule has 2 heterocycles. The van der Waals surface area contributed by atoms with Crippen LogP contribution in [0, 0.1) is 20.8 Å². The summed E-state index contributed by atoms with van der Waals surface area (Å²) in [5, 5.41) is 4.31. The van der Waals surface area contributed by atoms with Gasteiger partial charge < -0.3 is 5.32 Å². The molecule has 0 aliphatic rings. The topological polar surface area (TPSA) is 65.2 Å². The second-order valence-electron chi connectivity index (χ2n) is 6.34. The maximum atomic E-state index is 12.8. The predicted octanol–water partition coefficient (Wildman–Crippen LogP) is 3.72. The Labute approximate surface area is 166 Å². The highest BCUT2D eigenvalue weighted by Gasteiger charge is 2.20. The first kappa shape index (κ1) is 19.4. The van der Waals surface area contributed by atoms with Gasteiger partial charge in [0.15, 0.2) is 4.83 Å². The molecule has 3 aromatic rings. The van der Waals surface area contributed by atoms with Gasteiger partial charge >= 0.3 is 10.7 Å². The zero-order valence-electron chi connectivity index (χ0n) is 15.6. The molecule has 0 saturated carbocycles. The normalized spacial score (nSPS) is 10.9. The minimum atomic E-state index is -0.106. The van der Waals surface area contributed by atoms with Gasteiger partial charge in [0.2, 0.25) is 5.91 Å². The lowest BCUT2D eigenvalue weighted by Gasteiger charge is -2.11. The molecule has 7 heteroatoms. The molecule has 0 aliphatic carbocycles. The van der Waals surface area contributed by atoms with E-state index in [9.17, 15) is 9.59 Å². The molecule has 0 spiro atoms. The van der Waals surface area contributed by atoms with Crippen LogP contribution < -0.4 is 15.9 Å². The Morgan fingerprint density at radius 3 is 2.70 bits per heavy atom. The lowest BCUT2D eigenvalue weighted by atomic mass is 10.1. The van der Waals surface area contributed by atoms with Gasteiger partial charge in [-0.15, -0.1) is 0 Å². The van der Waals surface area contributed by atoms with E-state index >= 15 is 0 Å². The zero-order chi connectivity index (χ0) is 19.6. The fourth-order valence-electron chi connectivity index (χ4n) is 2.90. The molecule has 0 aliphatic heterocycles. The molecule has 27 heavy (non-hydrogen) atoms. The summed E-state index contributed by atoms with van der Waals surface area (Å²) >= 11 is 2.86. The number of carbonyl (C=O) groups excluding carboxylic acids is 1. The fraction of sp³-hybridized carbons (Fsp3) is 0.250. The Kier molecular flexibility index (Phi) is 5.82. The fourth-order valence-corrected chi connectivity index (χ4v) is 4.69. The lowest BCUT2D eigenvalue weighted by Crippen LogP contribution is -2.29. The summed E-state index contributed by atoms with van der Waals surface area (Å²) in [5.41, 5.74) is 2.84. The number of carbonyl (C=O) groups is 1. The highest BCUT2D eigenvalue weighted by Crippen LogP contribution is 2.22. The highest BCUT2D eigenvalue weighted by molar-refractivity contribution is 7.99. The number of fused-ring (bicyclic) bond motifs is 1. The van der Waals surface area contributed by atoms with Crippen LogP contribution in [0.25, 0.3) is 10.2 Å². The molecule has 0 bridgehead atoms. The molecule has 2 N–H and O–H groups in total. The van der Waals surface area contributed by atoms with Gasteiger partial charge in [-0.25, -0.2) is 9.78 Å². The lowest BCUT2D eigenvalue weighted by molar-refractivity contribution is -0.404. The SMILES string of the molecule is C=CCn1c(SCC(=O)Nc2c(C)cccc2C)[nH+]c2sc(C)cc2c1=O. The molecule has 140 valence electrons. The van der Waals surface area contributed by atoms with Crippen LogP contribution >= 0.6 is 23.1 Å². The summed E-state index contributed by atoms with van der Waals surface area (Å²) in [4.78, 5) is 30.4. The first-order valence-electron chi connectivity index (χ1n) is 8.56. The van der Waals surface area contributed by atoms with E-state index in [2.05, 4.69) is 16.9 Å². The number of thioether (sulfide) groups is 1. The minimum absolute atomic E-state index is 0.0642. The van der Waals surface area contributed by atoms with Gasteiger partial charge in [0.1, 0.15) is 11.9 Å². The van der Waals surface area contributed by atoms with Crippen LogP contribution in [-0.2, 0) is 11.3 Å². The quantitative estimate of drug-likeness (QED) is 0.390. The Morgan fingerprint density at radius 1 is 1.33 bits per heavy atom. The molecule has 0 unspecified atom stereocenters. The van der Waals surface area contributed by atoms with E-state index < -0.39 is 0 Å². The largest absolute Gasteiger partial charge is 0.347 e. The van der Waals surface area contributed by atoms with Crippen LogP contribution in [0.5, 0.6) is 0 Å². The van der Waals surface area contributed by atoms with E-state index in [0.29, 0.717) is 17.1 Å². The van der Waals surface area contributed by atoms with Crippen molar-refractivity contribution in [1.82, 2.24) is 4.57 Å². The molecule has 2 aromatic heterocycles. The van der Waals surface area contributed by atoms with Gasteiger partial charge in [-0.2, -0.15) is 4.57 Å². The Bertz CT molecular complexity index is 1060. The van der Waals surface area contributed by atoms with Crippen molar-refractivity contribution < 1.29 is 9.78 Å². The molecular weight excluding hydrogens is 378 g/mol. The van der Waals surface area contributed by atoms with Gasteiger partial charge in [0, 0.05) is 10.6 Å². The summed E-state index contributed by atoms with van der Waals surface area (Å²) in [6.45, 7) is 10.0. The van der Waals surface area contributed by atoms with Crippen molar-refractivity contribution in [3.63, 3.8) is 0 Å². The first-order chi connectivity index (χ1) is 12.9. The maximum absolute atomic E-state index is 12.8. The summed E-state index contributed by atoms with van der Waals surface area (Å²) in [7, 11) is 0. The third-order valence-corrected chi connectivity index (χ3v) is 6.16. The molecule has 1 amide bonds. The number of aryl methyl sites for hydroxylation is 3. The standard InChI is InChI=1S/C20H21N3O2S2/c1-5-9-23-19(25)15-10-14(4)27-18(15)22-20(23)26-11-16(24)21-17-12(2)7-6-8-13(17)3/h5-8,10H,1,9,11H2,2-4H3,(H,21,24)/p+1. The van der Waals surface area contributed by atoms with E-state index in [1.54, 1.807) is 10.6 Å². The van der Waals surface area contributed by atoms with Crippen molar-refractivity contribution in [2.75, 3.05) is 11.1 Å². The monoisotopic (exact) mass is 400 g/mol. The van der Waals surface area contributed by atoms with Crippen molar-refractivity contribution in [2.24, 2.45) is 0 Å². The Balaban J connectivity index is 1.83. The summed E-state index contributed by atoms with van der Waals surface area (Å²) in [5.74, 6) is 0.0994. The smallest absolute Gasteiger partial charge is 0.325 e. The number of rotatable bonds is 6. The number of nitrogens with one attached hydrogen (secondary N) is 2. The third-order valence-electron chi connectivity index (χ3n) is 4.19. The molecule has 0 atom stereocenters. The van der Waals surface area contributed by atoms with Crippen LogP contribution in [-0.4, -0.2) is 16.2 Å². The first-order valence-corrected chi connectivity index (χ1v) is 10.4. The number of thiophene rings is 1. The van der Waals surface area contributed by atoms with E-state index in [4.69, 9.17) is 0 Å². The van der Waals surface area contributed by atoms with Gasteiger partial charge in [0.25, 0.3) is 0 Å².